The molecule has 0 saturated heterocycles. The Bertz CT molecular complexity index is 1350. The summed E-state index contributed by atoms with van der Waals surface area (Å²) in [6, 6.07) is 10.3. The van der Waals surface area contributed by atoms with E-state index in [4.69, 9.17) is 0 Å². The second-order valence-corrected chi connectivity index (χ2v) is 8.74. The normalized spacial score (nSPS) is 12.7. The number of fused-ring (bicyclic) bond motifs is 1. The number of phenolic OH excluding ortho intramolecular Hbond substituents is 1. The Morgan fingerprint density at radius 1 is 0.862 bits per heavy atom. The number of aliphatic hydroxyl groups is 1. The molecule has 3 aromatic rings. The number of nitrogens with zero attached hydrogens (tertiary/aromatic N) is 2. The maximum atomic E-state index is 11.6. The van der Waals surface area contributed by atoms with Gasteiger partial charge in [-0.2, -0.15) is 21.9 Å². The molecule has 0 amide bonds. The molecule has 0 aliphatic rings. The highest BCUT2D eigenvalue weighted by Gasteiger charge is 2.22. The average Bonchev–Trinajstić information content (AvgIpc) is 2.65. The summed E-state index contributed by atoms with van der Waals surface area (Å²) in [7, 11) is -9.47. The number of hydrogen-bond acceptors (Lipinski definition) is 8. The molecule has 0 aromatic heterocycles. The van der Waals surface area contributed by atoms with E-state index in [9.17, 15) is 36.2 Å². The first-order chi connectivity index (χ1) is 13.5. The van der Waals surface area contributed by atoms with Crippen molar-refractivity contribution in [3.8, 4) is 5.75 Å². The molecule has 0 saturated carbocycles. The molecule has 29 heavy (non-hydrogen) atoms. The second kappa shape index (κ2) is 7.50. The van der Waals surface area contributed by atoms with Crippen molar-refractivity contribution in [1.82, 2.24) is 0 Å². The summed E-state index contributed by atoms with van der Waals surface area (Å²) >= 11 is 0. The highest BCUT2D eigenvalue weighted by Crippen LogP contribution is 2.41. The Morgan fingerprint density at radius 2 is 1.59 bits per heavy atom. The largest absolute Gasteiger partial charge is 0.504 e. The first-order valence-corrected chi connectivity index (χ1v) is 10.7. The van der Waals surface area contributed by atoms with Crippen LogP contribution in [0.4, 0.5) is 11.4 Å². The molecule has 0 unspecified atom stereocenters. The van der Waals surface area contributed by atoms with E-state index < -0.39 is 35.8 Å². The Balaban J connectivity index is 2.28. The van der Waals surface area contributed by atoms with Gasteiger partial charge in [0.15, 0.2) is 5.75 Å². The molecule has 3 rings (SSSR count). The van der Waals surface area contributed by atoms with E-state index in [1.807, 2.05) is 0 Å². The standard InChI is InChI=1S/C17H14N2O8S2/c20-9-10-2-1-3-12(6-10)18-19-16-14-5-4-13(28(22,23)24)7-11(14)8-15(17(16)21)29(25,26)27/h1-8,20-21H,9H2,(H,22,23,24)(H,25,26,27). The number of aliphatic hydroxyl groups excluding tert-OH is 1. The van der Waals surface area contributed by atoms with Gasteiger partial charge in [0.2, 0.25) is 0 Å². The van der Waals surface area contributed by atoms with Crippen molar-refractivity contribution in [3.63, 3.8) is 0 Å². The van der Waals surface area contributed by atoms with Gasteiger partial charge in [0.1, 0.15) is 10.6 Å². The Morgan fingerprint density at radius 3 is 2.21 bits per heavy atom. The van der Waals surface area contributed by atoms with E-state index in [-0.39, 0.29) is 28.8 Å². The molecule has 0 aliphatic carbocycles. The van der Waals surface area contributed by atoms with E-state index in [1.165, 1.54) is 12.1 Å². The third kappa shape index (κ3) is 4.41. The van der Waals surface area contributed by atoms with Crippen molar-refractivity contribution >= 4 is 42.4 Å². The lowest BCUT2D eigenvalue weighted by Crippen LogP contribution is -2.00. The zero-order valence-electron chi connectivity index (χ0n) is 14.5. The van der Waals surface area contributed by atoms with Crippen molar-refractivity contribution in [2.24, 2.45) is 10.2 Å². The first kappa shape index (κ1) is 20.8. The molecule has 0 heterocycles. The number of hydrogen-bond donors (Lipinski definition) is 4. The number of azo groups is 1. The van der Waals surface area contributed by atoms with Crippen LogP contribution in [0.25, 0.3) is 10.8 Å². The fourth-order valence-electron chi connectivity index (χ4n) is 2.61. The lowest BCUT2D eigenvalue weighted by molar-refractivity contribution is 0.282. The first-order valence-electron chi connectivity index (χ1n) is 7.87. The quantitative estimate of drug-likeness (QED) is 0.347. The minimum Gasteiger partial charge on any atom is -0.504 e. The summed E-state index contributed by atoms with van der Waals surface area (Å²) in [5, 5.41) is 27.3. The van der Waals surface area contributed by atoms with Gasteiger partial charge >= 0.3 is 0 Å². The van der Waals surface area contributed by atoms with E-state index in [1.54, 1.807) is 18.2 Å². The summed E-state index contributed by atoms with van der Waals surface area (Å²) in [6.07, 6.45) is 0. The Labute approximate surface area is 165 Å². The van der Waals surface area contributed by atoms with E-state index in [2.05, 4.69) is 10.2 Å². The van der Waals surface area contributed by atoms with Crippen molar-refractivity contribution < 1.29 is 36.2 Å². The number of aromatic hydroxyl groups is 1. The van der Waals surface area contributed by atoms with Crippen molar-refractivity contribution in [3.05, 3.63) is 54.1 Å². The van der Waals surface area contributed by atoms with Crippen LogP contribution in [0.2, 0.25) is 0 Å². The van der Waals surface area contributed by atoms with Gasteiger partial charge in [-0.05, 0) is 41.3 Å². The maximum absolute atomic E-state index is 11.6. The fraction of sp³-hybridized carbons (Fsp3) is 0.0588. The summed E-state index contributed by atoms with van der Waals surface area (Å²) in [6.45, 7) is -0.242. The van der Waals surface area contributed by atoms with Crippen LogP contribution in [0.5, 0.6) is 5.75 Å². The molecule has 0 atom stereocenters. The molecule has 152 valence electrons. The summed E-state index contributed by atoms with van der Waals surface area (Å²) in [5.41, 5.74) is 0.488. The number of phenols is 1. The minimum atomic E-state index is -4.89. The molecule has 0 radical (unpaired) electrons. The van der Waals surface area contributed by atoms with Crippen LogP contribution in [-0.4, -0.2) is 36.2 Å². The van der Waals surface area contributed by atoms with Crippen LogP contribution in [-0.2, 0) is 26.8 Å². The highest BCUT2D eigenvalue weighted by molar-refractivity contribution is 7.86. The smallest absolute Gasteiger partial charge is 0.298 e. The minimum absolute atomic E-state index is 0.0383. The van der Waals surface area contributed by atoms with Gasteiger partial charge in [-0.3, -0.25) is 9.11 Å². The van der Waals surface area contributed by atoms with Crippen molar-refractivity contribution in [2.75, 3.05) is 0 Å². The van der Waals surface area contributed by atoms with Gasteiger partial charge in [0.05, 0.1) is 17.2 Å². The predicted molar refractivity (Wildman–Crippen MR) is 102 cm³/mol. The number of rotatable bonds is 5. The van der Waals surface area contributed by atoms with Crippen LogP contribution >= 0.6 is 0 Å². The summed E-state index contributed by atoms with van der Waals surface area (Å²) < 4.78 is 64.5. The molecular formula is C17H14N2O8S2. The zero-order valence-corrected chi connectivity index (χ0v) is 16.1. The van der Waals surface area contributed by atoms with E-state index in [0.717, 1.165) is 18.2 Å². The Hall–Kier alpha value is -2.90. The molecule has 0 fully saturated rings. The van der Waals surface area contributed by atoms with Crippen LogP contribution in [0, 0.1) is 0 Å². The third-order valence-electron chi connectivity index (χ3n) is 3.96. The maximum Gasteiger partial charge on any atom is 0.298 e. The summed E-state index contributed by atoms with van der Waals surface area (Å²) in [4.78, 5) is -1.42. The lowest BCUT2D eigenvalue weighted by atomic mass is 10.1. The zero-order chi connectivity index (χ0) is 21.4. The van der Waals surface area contributed by atoms with Gasteiger partial charge in [-0.1, -0.05) is 18.2 Å². The van der Waals surface area contributed by atoms with Gasteiger partial charge in [-0.15, -0.1) is 5.11 Å². The molecule has 3 aromatic carbocycles. The van der Waals surface area contributed by atoms with Crippen LogP contribution in [0.1, 0.15) is 5.56 Å². The predicted octanol–water partition coefficient (Wildman–Crippen LogP) is 2.95. The summed E-state index contributed by atoms with van der Waals surface area (Å²) in [5.74, 6) is -0.887. The molecule has 0 spiro atoms. The van der Waals surface area contributed by atoms with Crippen LogP contribution in [0.15, 0.2) is 68.6 Å². The molecule has 0 aliphatic heterocycles. The van der Waals surface area contributed by atoms with Crippen LogP contribution in [0.3, 0.4) is 0 Å². The molecule has 4 N–H and O–H groups in total. The van der Waals surface area contributed by atoms with E-state index >= 15 is 0 Å². The van der Waals surface area contributed by atoms with Gasteiger partial charge < -0.3 is 10.2 Å². The molecule has 0 bridgehead atoms. The van der Waals surface area contributed by atoms with Gasteiger partial charge in [-0.25, -0.2) is 0 Å². The van der Waals surface area contributed by atoms with Crippen molar-refractivity contribution in [1.29, 1.82) is 0 Å². The van der Waals surface area contributed by atoms with Gasteiger partial charge in [0, 0.05) is 5.39 Å². The Kier molecular flexibility index (Phi) is 5.38. The highest BCUT2D eigenvalue weighted by atomic mass is 32.2. The molecular weight excluding hydrogens is 424 g/mol. The monoisotopic (exact) mass is 438 g/mol. The topological polar surface area (TPSA) is 174 Å². The van der Waals surface area contributed by atoms with Gasteiger partial charge in [0.25, 0.3) is 20.2 Å². The second-order valence-electron chi connectivity index (χ2n) is 5.93. The lowest BCUT2D eigenvalue weighted by Gasteiger charge is -2.09. The van der Waals surface area contributed by atoms with Crippen molar-refractivity contribution in [2.45, 2.75) is 16.4 Å². The molecule has 10 nitrogen and oxygen atoms in total. The third-order valence-corrected chi connectivity index (χ3v) is 5.67. The number of benzene rings is 3. The SMILES string of the molecule is O=S(=O)(O)c1ccc2c(N=Nc3cccc(CO)c3)c(O)c(S(=O)(=O)O)cc2c1. The molecule has 12 heteroatoms. The average molecular weight is 438 g/mol. The van der Waals surface area contributed by atoms with E-state index in [0.29, 0.717) is 5.56 Å². The fourth-order valence-corrected chi connectivity index (χ4v) is 3.75. The van der Waals surface area contributed by atoms with Crippen LogP contribution < -0.4 is 0 Å².